The molecule has 0 amide bonds. The highest BCUT2D eigenvalue weighted by molar-refractivity contribution is 5.81. The second-order valence-corrected chi connectivity index (χ2v) is 4.75. The Morgan fingerprint density at radius 2 is 2.16 bits per heavy atom. The second-order valence-electron chi connectivity index (χ2n) is 4.75. The van der Waals surface area contributed by atoms with E-state index in [1.165, 1.54) is 6.07 Å². The van der Waals surface area contributed by atoms with Crippen molar-refractivity contribution in [2.45, 2.75) is 38.0 Å². The third-order valence-electron chi connectivity index (χ3n) is 3.13. The van der Waals surface area contributed by atoms with Gasteiger partial charge >= 0.3 is 6.18 Å². The van der Waals surface area contributed by atoms with Gasteiger partial charge < -0.3 is 4.74 Å². The van der Waals surface area contributed by atoms with E-state index < -0.39 is 11.7 Å². The van der Waals surface area contributed by atoms with E-state index in [1.807, 2.05) is 0 Å². The number of Topliss-reactive ketones (excluding diaryl/α,β-unsaturated/α-hetero) is 1. The van der Waals surface area contributed by atoms with Crippen molar-refractivity contribution >= 4 is 5.78 Å². The van der Waals surface area contributed by atoms with Crippen LogP contribution in [-0.2, 0) is 22.1 Å². The molecule has 2 rings (SSSR count). The first-order valence-electron chi connectivity index (χ1n) is 6.24. The highest BCUT2D eigenvalue weighted by Crippen LogP contribution is 2.29. The standard InChI is InChI=1S/C14H15F3O2/c15-14(16,17)11-4-1-3-10(7-11)8-12(18)9-13-5-2-6-19-13/h1,3-4,7,13H,2,5-6,8-9H2. The SMILES string of the molecule is O=C(Cc1cccc(C(F)(F)F)c1)CC1CCCO1. The minimum atomic E-state index is -4.37. The molecule has 0 spiro atoms. The fourth-order valence-electron chi connectivity index (χ4n) is 2.22. The predicted octanol–water partition coefficient (Wildman–Crippen LogP) is 3.39. The lowest BCUT2D eigenvalue weighted by Gasteiger charge is -2.10. The Morgan fingerprint density at radius 1 is 1.37 bits per heavy atom. The average Bonchev–Trinajstić information content (AvgIpc) is 2.80. The largest absolute Gasteiger partial charge is 0.416 e. The molecule has 0 bridgehead atoms. The summed E-state index contributed by atoms with van der Waals surface area (Å²) in [6, 6.07) is 4.92. The summed E-state index contributed by atoms with van der Waals surface area (Å²) in [5.74, 6) is -0.0776. The minimum absolute atomic E-state index is 0.0315. The predicted molar refractivity (Wildman–Crippen MR) is 63.7 cm³/mol. The van der Waals surface area contributed by atoms with Crippen LogP contribution in [0.15, 0.2) is 24.3 Å². The van der Waals surface area contributed by atoms with Gasteiger partial charge in [0.25, 0.3) is 0 Å². The summed E-state index contributed by atoms with van der Waals surface area (Å²) in [4.78, 5) is 11.8. The molecule has 1 aliphatic rings. The molecule has 1 heterocycles. The van der Waals surface area contributed by atoms with E-state index in [-0.39, 0.29) is 24.7 Å². The molecule has 19 heavy (non-hydrogen) atoms. The van der Waals surface area contributed by atoms with E-state index in [0.29, 0.717) is 12.2 Å². The summed E-state index contributed by atoms with van der Waals surface area (Å²) in [5, 5.41) is 0. The van der Waals surface area contributed by atoms with Crippen molar-refractivity contribution in [2.24, 2.45) is 0 Å². The molecule has 1 unspecified atom stereocenters. The van der Waals surface area contributed by atoms with E-state index in [1.54, 1.807) is 6.07 Å². The zero-order chi connectivity index (χ0) is 13.9. The van der Waals surface area contributed by atoms with Gasteiger partial charge in [0.15, 0.2) is 0 Å². The van der Waals surface area contributed by atoms with Crippen molar-refractivity contribution in [1.29, 1.82) is 0 Å². The van der Waals surface area contributed by atoms with Crippen molar-refractivity contribution < 1.29 is 22.7 Å². The van der Waals surface area contributed by atoms with Crippen LogP contribution >= 0.6 is 0 Å². The lowest BCUT2D eigenvalue weighted by atomic mass is 10.0. The van der Waals surface area contributed by atoms with Crippen LogP contribution < -0.4 is 0 Å². The van der Waals surface area contributed by atoms with Crippen molar-refractivity contribution in [3.63, 3.8) is 0 Å². The number of halogens is 3. The van der Waals surface area contributed by atoms with E-state index >= 15 is 0 Å². The molecule has 104 valence electrons. The van der Waals surface area contributed by atoms with E-state index in [9.17, 15) is 18.0 Å². The maximum atomic E-state index is 12.5. The van der Waals surface area contributed by atoms with Crippen molar-refractivity contribution in [3.8, 4) is 0 Å². The number of ketones is 1. The molecule has 1 saturated heterocycles. The van der Waals surface area contributed by atoms with Gasteiger partial charge in [-0.1, -0.05) is 18.2 Å². The molecule has 0 N–H and O–H groups in total. The summed E-state index contributed by atoms with van der Waals surface area (Å²) in [6.45, 7) is 0.668. The smallest absolute Gasteiger partial charge is 0.378 e. The molecule has 0 aromatic heterocycles. The molecule has 5 heteroatoms. The maximum absolute atomic E-state index is 12.5. The highest BCUT2D eigenvalue weighted by atomic mass is 19.4. The van der Waals surface area contributed by atoms with Crippen LogP contribution in [0.5, 0.6) is 0 Å². The van der Waals surface area contributed by atoms with Gasteiger partial charge in [-0.25, -0.2) is 0 Å². The minimum Gasteiger partial charge on any atom is -0.378 e. The first-order valence-corrected chi connectivity index (χ1v) is 6.24. The number of carbonyl (C=O) groups is 1. The third kappa shape index (κ3) is 4.06. The quantitative estimate of drug-likeness (QED) is 0.839. The number of ether oxygens (including phenoxy) is 1. The third-order valence-corrected chi connectivity index (χ3v) is 3.13. The van der Waals surface area contributed by atoms with E-state index in [4.69, 9.17) is 4.74 Å². The first kappa shape index (κ1) is 14.1. The van der Waals surface area contributed by atoms with Gasteiger partial charge in [-0.05, 0) is 24.5 Å². The summed E-state index contributed by atoms with van der Waals surface area (Å²) < 4.78 is 42.9. The Balaban J connectivity index is 1.96. The number of hydrogen-bond acceptors (Lipinski definition) is 2. The molecular formula is C14H15F3O2. The van der Waals surface area contributed by atoms with Crippen LogP contribution in [0.3, 0.4) is 0 Å². The Hall–Kier alpha value is -1.36. The van der Waals surface area contributed by atoms with Crippen LogP contribution in [0.2, 0.25) is 0 Å². The fourth-order valence-corrected chi connectivity index (χ4v) is 2.22. The van der Waals surface area contributed by atoms with E-state index in [0.717, 1.165) is 25.0 Å². The molecular weight excluding hydrogens is 257 g/mol. The van der Waals surface area contributed by atoms with Crippen LogP contribution in [0, 0.1) is 0 Å². The second kappa shape index (κ2) is 5.74. The lowest BCUT2D eigenvalue weighted by Crippen LogP contribution is -2.14. The monoisotopic (exact) mass is 272 g/mol. The summed E-state index contributed by atoms with van der Waals surface area (Å²) in [6.07, 6.45) is -2.30. The van der Waals surface area contributed by atoms with Gasteiger partial charge in [-0.15, -0.1) is 0 Å². The Bertz CT molecular complexity index is 448. The van der Waals surface area contributed by atoms with Crippen LogP contribution in [0.4, 0.5) is 13.2 Å². The Labute approximate surface area is 109 Å². The van der Waals surface area contributed by atoms with Crippen LogP contribution in [0.25, 0.3) is 0 Å². The van der Waals surface area contributed by atoms with Gasteiger partial charge in [0.1, 0.15) is 5.78 Å². The summed E-state index contributed by atoms with van der Waals surface area (Å²) in [5.41, 5.74) is -0.312. The zero-order valence-electron chi connectivity index (χ0n) is 10.4. The van der Waals surface area contributed by atoms with E-state index in [2.05, 4.69) is 0 Å². The van der Waals surface area contributed by atoms with Crippen LogP contribution in [-0.4, -0.2) is 18.5 Å². The number of alkyl halides is 3. The van der Waals surface area contributed by atoms with Crippen molar-refractivity contribution in [3.05, 3.63) is 35.4 Å². The van der Waals surface area contributed by atoms with Gasteiger partial charge in [0.05, 0.1) is 11.7 Å². The summed E-state index contributed by atoms with van der Waals surface area (Å²) in [7, 11) is 0. The van der Waals surface area contributed by atoms with Gasteiger partial charge in [-0.3, -0.25) is 4.79 Å². The Kier molecular flexibility index (Phi) is 4.24. The molecule has 1 aliphatic heterocycles. The molecule has 0 radical (unpaired) electrons. The zero-order valence-corrected chi connectivity index (χ0v) is 10.4. The molecule has 0 aliphatic carbocycles. The number of hydrogen-bond donors (Lipinski definition) is 0. The number of benzene rings is 1. The number of carbonyl (C=O) groups excluding carboxylic acids is 1. The summed E-state index contributed by atoms with van der Waals surface area (Å²) >= 11 is 0. The fraction of sp³-hybridized carbons (Fsp3) is 0.500. The first-order chi connectivity index (χ1) is 8.95. The molecule has 1 fully saturated rings. The van der Waals surface area contributed by atoms with Gasteiger partial charge in [-0.2, -0.15) is 13.2 Å². The molecule has 0 saturated carbocycles. The average molecular weight is 272 g/mol. The van der Waals surface area contributed by atoms with Crippen molar-refractivity contribution in [2.75, 3.05) is 6.61 Å². The topological polar surface area (TPSA) is 26.3 Å². The van der Waals surface area contributed by atoms with Crippen LogP contribution in [0.1, 0.15) is 30.4 Å². The molecule has 1 aromatic carbocycles. The molecule has 1 aromatic rings. The highest BCUT2D eigenvalue weighted by Gasteiger charge is 2.30. The Morgan fingerprint density at radius 3 is 2.79 bits per heavy atom. The van der Waals surface area contributed by atoms with Gasteiger partial charge in [0.2, 0.25) is 0 Å². The number of rotatable bonds is 4. The molecule has 1 atom stereocenters. The normalized spacial score (nSPS) is 19.6. The van der Waals surface area contributed by atoms with Crippen molar-refractivity contribution in [1.82, 2.24) is 0 Å². The molecule has 2 nitrogen and oxygen atoms in total. The maximum Gasteiger partial charge on any atom is 0.416 e. The van der Waals surface area contributed by atoms with Gasteiger partial charge in [0, 0.05) is 19.4 Å². The lowest BCUT2D eigenvalue weighted by molar-refractivity contribution is -0.137.